The second kappa shape index (κ2) is 9.30. The minimum absolute atomic E-state index is 0.0194. The van der Waals surface area contributed by atoms with Gasteiger partial charge in [-0.2, -0.15) is 0 Å². The van der Waals surface area contributed by atoms with Crippen molar-refractivity contribution in [3.05, 3.63) is 0 Å². The predicted octanol–water partition coefficient (Wildman–Crippen LogP) is 0.832. The monoisotopic (exact) mass is 417 g/mol. The molecule has 2 rings (SSSR count). The molecule has 0 aliphatic carbocycles. The third-order valence-corrected chi connectivity index (χ3v) is 6.03. The number of aliphatic imine (C=N–C) groups is 1. The van der Waals surface area contributed by atoms with Gasteiger partial charge in [-0.25, -0.2) is 17.5 Å². The van der Waals surface area contributed by atoms with E-state index in [9.17, 15) is 13.2 Å². The molecule has 2 saturated heterocycles. The summed E-state index contributed by atoms with van der Waals surface area (Å²) in [7, 11) is -3.13. The summed E-state index contributed by atoms with van der Waals surface area (Å²) >= 11 is 0. The number of hydrogen-bond acceptors (Lipinski definition) is 5. The second-order valence-corrected chi connectivity index (χ2v) is 10.5. The lowest BCUT2D eigenvalue weighted by atomic mass is 10.1. The molecular formula is C18H35N5O4S. The molecule has 2 atom stereocenters. The highest BCUT2D eigenvalue weighted by molar-refractivity contribution is 7.88. The van der Waals surface area contributed by atoms with E-state index in [4.69, 9.17) is 9.73 Å². The van der Waals surface area contributed by atoms with Gasteiger partial charge in [0.15, 0.2) is 5.96 Å². The lowest BCUT2D eigenvalue weighted by Crippen LogP contribution is -2.44. The number of likely N-dealkylation sites (tertiary alicyclic amines) is 1. The first kappa shape index (κ1) is 22.7. The molecule has 0 radical (unpaired) electrons. The summed E-state index contributed by atoms with van der Waals surface area (Å²) in [5, 5.41) is 6.23. The van der Waals surface area contributed by atoms with E-state index in [1.165, 1.54) is 10.6 Å². The molecule has 2 aliphatic heterocycles. The fourth-order valence-corrected chi connectivity index (χ4v) is 4.35. The Morgan fingerprint density at radius 3 is 2.50 bits per heavy atom. The number of alkyl carbamates (subject to hydrolysis) is 1. The smallest absolute Gasteiger partial charge is 0.407 e. The zero-order valence-electron chi connectivity index (χ0n) is 17.7. The fourth-order valence-electron chi connectivity index (χ4n) is 3.43. The number of rotatable bonds is 5. The molecule has 1 amide bonds. The Labute approximate surface area is 168 Å². The molecule has 0 aromatic rings. The molecule has 0 aromatic heterocycles. The van der Waals surface area contributed by atoms with Gasteiger partial charge in [-0.15, -0.1) is 0 Å². The van der Waals surface area contributed by atoms with Crippen LogP contribution in [0.3, 0.4) is 0 Å². The summed E-state index contributed by atoms with van der Waals surface area (Å²) in [6.45, 7) is 11.5. The van der Waals surface area contributed by atoms with Crippen LogP contribution in [0.5, 0.6) is 0 Å². The van der Waals surface area contributed by atoms with Gasteiger partial charge in [0.05, 0.1) is 12.3 Å². The number of sulfonamides is 1. The van der Waals surface area contributed by atoms with Crippen molar-refractivity contribution in [1.82, 2.24) is 19.8 Å². The molecule has 2 N–H and O–H groups in total. The molecule has 2 fully saturated rings. The van der Waals surface area contributed by atoms with E-state index in [-0.39, 0.29) is 12.0 Å². The maximum absolute atomic E-state index is 12.0. The van der Waals surface area contributed by atoms with E-state index < -0.39 is 21.7 Å². The van der Waals surface area contributed by atoms with E-state index in [2.05, 4.69) is 15.5 Å². The van der Waals surface area contributed by atoms with Crippen LogP contribution in [0.1, 0.15) is 40.5 Å². The van der Waals surface area contributed by atoms with Crippen LogP contribution in [0.2, 0.25) is 0 Å². The molecule has 1 unspecified atom stereocenters. The number of hydrogen-bond donors (Lipinski definition) is 2. The lowest BCUT2D eigenvalue weighted by molar-refractivity contribution is 0.0507. The zero-order valence-corrected chi connectivity index (χ0v) is 18.5. The van der Waals surface area contributed by atoms with Crippen LogP contribution < -0.4 is 10.6 Å². The predicted molar refractivity (Wildman–Crippen MR) is 110 cm³/mol. The van der Waals surface area contributed by atoms with Gasteiger partial charge in [0.2, 0.25) is 10.0 Å². The first-order chi connectivity index (χ1) is 13.0. The maximum Gasteiger partial charge on any atom is 0.407 e. The molecule has 0 bridgehead atoms. The highest BCUT2D eigenvalue weighted by atomic mass is 32.2. The number of guanidine groups is 1. The van der Waals surface area contributed by atoms with Gasteiger partial charge >= 0.3 is 6.09 Å². The van der Waals surface area contributed by atoms with Crippen molar-refractivity contribution in [2.75, 3.05) is 45.5 Å². The summed E-state index contributed by atoms with van der Waals surface area (Å²) < 4.78 is 30.2. The molecule has 28 heavy (non-hydrogen) atoms. The lowest BCUT2D eigenvalue weighted by Gasteiger charge is -2.23. The van der Waals surface area contributed by atoms with Gasteiger partial charge in [0, 0.05) is 39.3 Å². The average molecular weight is 418 g/mol. The number of carbonyl (C=O) groups is 1. The van der Waals surface area contributed by atoms with Crippen LogP contribution in [-0.2, 0) is 14.8 Å². The highest BCUT2D eigenvalue weighted by Crippen LogP contribution is 2.19. The SMILES string of the molecule is CCNC(=NCC1CCN(S(C)(=O)=O)C1)N1CC[C@@H](NC(=O)OC(C)(C)C)C1. The molecular weight excluding hydrogens is 382 g/mol. The van der Waals surface area contributed by atoms with Crippen LogP contribution in [-0.4, -0.2) is 86.8 Å². The Morgan fingerprint density at radius 1 is 1.21 bits per heavy atom. The van der Waals surface area contributed by atoms with Crippen molar-refractivity contribution >= 4 is 22.1 Å². The first-order valence-corrected chi connectivity index (χ1v) is 11.8. The van der Waals surface area contributed by atoms with Gasteiger partial charge in [-0.05, 0) is 46.5 Å². The summed E-state index contributed by atoms with van der Waals surface area (Å²) in [6, 6.07) is 0.0194. The van der Waals surface area contributed by atoms with Crippen LogP contribution in [0.25, 0.3) is 0 Å². The topological polar surface area (TPSA) is 103 Å². The molecule has 9 nitrogen and oxygen atoms in total. The van der Waals surface area contributed by atoms with E-state index in [0.29, 0.717) is 26.2 Å². The molecule has 0 saturated carbocycles. The Bertz CT molecular complexity index is 674. The Hall–Kier alpha value is -1.55. The van der Waals surface area contributed by atoms with Crippen molar-refractivity contribution in [3.8, 4) is 0 Å². The number of ether oxygens (including phenoxy) is 1. The van der Waals surface area contributed by atoms with Gasteiger partial charge in [-0.3, -0.25) is 4.99 Å². The molecule has 162 valence electrons. The van der Waals surface area contributed by atoms with Gasteiger partial charge in [0.25, 0.3) is 0 Å². The third-order valence-electron chi connectivity index (χ3n) is 4.76. The summed E-state index contributed by atoms with van der Waals surface area (Å²) in [5.41, 5.74) is -0.514. The largest absolute Gasteiger partial charge is 0.444 e. The molecule has 2 aliphatic rings. The number of carbonyl (C=O) groups excluding carboxylic acids is 1. The van der Waals surface area contributed by atoms with Gasteiger partial charge in [0.1, 0.15) is 5.60 Å². The van der Waals surface area contributed by atoms with E-state index >= 15 is 0 Å². The Morgan fingerprint density at radius 2 is 1.93 bits per heavy atom. The quantitative estimate of drug-likeness (QED) is 0.507. The molecule has 0 spiro atoms. The van der Waals surface area contributed by atoms with E-state index in [1.807, 2.05) is 27.7 Å². The summed E-state index contributed by atoms with van der Waals surface area (Å²) in [5.74, 6) is 1.05. The number of nitrogens with zero attached hydrogens (tertiary/aromatic N) is 3. The highest BCUT2D eigenvalue weighted by Gasteiger charge is 2.30. The van der Waals surface area contributed by atoms with Gasteiger partial charge in [-0.1, -0.05) is 0 Å². The van der Waals surface area contributed by atoms with Crippen LogP contribution in [0.15, 0.2) is 4.99 Å². The third kappa shape index (κ3) is 7.12. The minimum Gasteiger partial charge on any atom is -0.444 e. The van der Waals surface area contributed by atoms with Crippen LogP contribution in [0, 0.1) is 5.92 Å². The summed E-state index contributed by atoms with van der Waals surface area (Å²) in [6.07, 6.45) is 2.52. The fraction of sp³-hybridized carbons (Fsp3) is 0.889. The van der Waals surface area contributed by atoms with E-state index in [0.717, 1.165) is 31.9 Å². The average Bonchev–Trinajstić information content (AvgIpc) is 3.18. The molecule has 0 aromatic carbocycles. The van der Waals surface area contributed by atoms with Crippen molar-refractivity contribution in [3.63, 3.8) is 0 Å². The number of nitrogens with one attached hydrogen (secondary N) is 2. The normalized spacial score (nSPS) is 24.5. The van der Waals surface area contributed by atoms with Crippen molar-refractivity contribution in [2.45, 2.75) is 52.2 Å². The zero-order chi connectivity index (χ0) is 20.9. The Balaban J connectivity index is 1.88. The van der Waals surface area contributed by atoms with E-state index in [1.54, 1.807) is 0 Å². The first-order valence-electron chi connectivity index (χ1n) is 9.96. The second-order valence-electron chi connectivity index (χ2n) is 8.55. The van der Waals surface area contributed by atoms with Crippen molar-refractivity contribution in [1.29, 1.82) is 0 Å². The van der Waals surface area contributed by atoms with Crippen LogP contribution >= 0.6 is 0 Å². The van der Waals surface area contributed by atoms with Crippen LogP contribution in [0.4, 0.5) is 4.79 Å². The summed E-state index contributed by atoms with van der Waals surface area (Å²) in [4.78, 5) is 18.8. The molecule has 10 heteroatoms. The number of amides is 1. The maximum atomic E-state index is 12.0. The van der Waals surface area contributed by atoms with Gasteiger partial charge < -0.3 is 20.3 Å². The van der Waals surface area contributed by atoms with Crippen molar-refractivity contribution < 1.29 is 17.9 Å². The Kier molecular flexibility index (Phi) is 7.55. The standard InChI is InChI=1S/C18H35N5O4S/c1-6-19-16(20-11-14-7-10-23(12-14)28(5,25)26)22-9-8-15(13-22)21-17(24)27-18(2,3)4/h14-15H,6-13H2,1-5H3,(H,19,20)(H,21,24)/t14?,15-/m1/s1. The molecule has 2 heterocycles. The van der Waals surface area contributed by atoms with Crippen molar-refractivity contribution in [2.24, 2.45) is 10.9 Å². The minimum atomic E-state index is -3.13.